The van der Waals surface area contributed by atoms with Crippen molar-refractivity contribution in [1.82, 2.24) is 15.5 Å². The molecule has 3 aliphatic rings. The summed E-state index contributed by atoms with van der Waals surface area (Å²) in [6.45, 7) is 2.30. The number of hydrogen-bond acceptors (Lipinski definition) is 4. The van der Waals surface area contributed by atoms with Crippen LogP contribution in [0.4, 0.5) is 0 Å². The highest BCUT2D eigenvalue weighted by Crippen LogP contribution is 2.44. The van der Waals surface area contributed by atoms with Crippen LogP contribution in [-0.2, 0) is 4.79 Å². The second-order valence-electron chi connectivity index (χ2n) is 5.05. The van der Waals surface area contributed by atoms with Crippen LogP contribution in [0.25, 0.3) is 5.70 Å². The molecule has 1 unspecified atom stereocenters. The van der Waals surface area contributed by atoms with Crippen LogP contribution in [0, 0.1) is 0 Å². The average Bonchev–Trinajstić information content (AvgIpc) is 3.02. The Morgan fingerprint density at radius 3 is 3.15 bits per heavy atom. The first-order valence-corrected chi connectivity index (χ1v) is 6.63. The quantitative estimate of drug-likeness (QED) is 0.806. The van der Waals surface area contributed by atoms with Gasteiger partial charge in [0.05, 0.1) is 24.0 Å². The summed E-state index contributed by atoms with van der Waals surface area (Å²) in [7, 11) is 0. The molecule has 1 aliphatic carbocycles. The van der Waals surface area contributed by atoms with E-state index in [2.05, 4.69) is 32.7 Å². The Bertz CT molecular complexity index is 702. The summed E-state index contributed by atoms with van der Waals surface area (Å²) < 4.78 is 0. The highest BCUT2D eigenvalue weighted by Gasteiger charge is 2.38. The first kappa shape index (κ1) is 11.3. The van der Waals surface area contributed by atoms with E-state index in [1.165, 1.54) is 0 Å². The molecular formula is C15H14N4O. The van der Waals surface area contributed by atoms with E-state index < -0.39 is 0 Å². The van der Waals surface area contributed by atoms with Crippen LogP contribution >= 0.6 is 0 Å². The second kappa shape index (κ2) is 3.96. The number of carbonyl (C=O) groups excluding carboxylic acids is 1. The summed E-state index contributed by atoms with van der Waals surface area (Å²) in [5.41, 5.74) is 4.41. The predicted molar refractivity (Wildman–Crippen MR) is 76.3 cm³/mol. The first-order chi connectivity index (χ1) is 9.75. The molecule has 1 aromatic carbocycles. The van der Waals surface area contributed by atoms with Gasteiger partial charge in [0.2, 0.25) is 5.91 Å². The molecule has 2 aliphatic heterocycles. The lowest BCUT2D eigenvalue weighted by Gasteiger charge is -2.29. The first-order valence-electron chi connectivity index (χ1n) is 6.63. The van der Waals surface area contributed by atoms with Crippen molar-refractivity contribution in [1.29, 1.82) is 0 Å². The zero-order valence-electron chi connectivity index (χ0n) is 11.1. The van der Waals surface area contributed by atoms with Gasteiger partial charge in [0.1, 0.15) is 5.82 Å². The molecule has 0 saturated carbocycles. The van der Waals surface area contributed by atoms with Gasteiger partial charge in [0.25, 0.3) is 0 Å². The summed E-state index contributed by atoms with van der Waals surface area (Å²) in [5, 5.41) is 6.37. The van der Waals surface area contributed by atoms with Crippen molar-refractivity contribution in [2.75, 3.05) is 6.54 Å². The van der Waals surface area contributed by atoms with Crippen LogP contribution in [0.1, 0.15) is 24.1 Å². The molecule has 0 radical (unpaired) electrons. The predicted octanol–water partition coefficient (Wildman–Crippen LogP) is 1.33. The molecule has 1 atom stereocenters. The number of rotatable bonds is 1. The van der Waals surface area contributed by atoms with Gasteiger partial charge < -0.3 is 15.5 Å². The summed E-state index contributed by atoms with van der Waals surface area (Å²) in [6.07, 6.45) is 3.80. The minimum Gasteiger partial charge on any atom is -0.356 e. The Morgan fingerprint density at radius 1 is 1.45 bits per heavy atom. The van der Waals surface area contributed by atoms with Gasteiger partial charge in [0, 0.05) is 24.9 Å². The molecule has 1 amide bonds. The second-order valence-corrected chi connectivity index (χ2v) is 5.05. The van der Waals surface area contributed by atoms with E-state index in [1.807, 2.05) is 24.5 Å². The standard InChI is InChI=1S/C15H14N4O/c1-9(20)18-14-11-5-3-2-4-10(11)13-15(14)19-7-6-16-12(19)8-17-13/h2-6,8,14,17H,7H2,1H3,(H,18,20). The van der Waals surface area contributed by atoms with Gasteiger partial charge in [-0.2, -0.15) is 0 Å². The van der Waals surface area contributed by atoms with E-state index in [9.17, 15) is 4.79 Å². The van der Waals surface area contributed by atoms with Gasteiger partial charge >= 0.3 is 0 Å². The van der Waals surface area contributed by atoms with Gasteiger partial charge in [-0.05, 0) is 5.56 Å². The largest absolute Gasteiger partial charge is 0.356 e. The maximum atomic E-state index is 11.6. The Balaban J connectivity index is 1.85. The van der Waals surface area contributed by atoms with E-state index in [0.717, 1.165) is 34.9 Å². The normalized spacial score (nSPS) is 21.9. The van der Waals surface area contributed by atoms with Crippen molar-refractivity contribution in [3.05, 3.63) is 53.1 Å². The molecule has 0 saturated heterocycles. The average molecular weight is 266 g/mol. The van der Waals surface area contributed by atoms with Crippen LogP contribution in [0.3, 0.4) is 0 Å². The Morgan fingerprint density at radius 2 is 2.30 bits per heavy atom. The van der Waals surface area contributed by atoms with Gasteiger partial charge in [-0.3, -0.25) is 4.79 Å². The number of fused-ring (bicyclic) bond motifs is 4. The highest BCUT2D eigenvalue weighted by molar-refractivity contribution is 5.83. The van der Waals surface area contributed by atoms with Crippen molar-refractivity contribution in [2.45, 2.75) is 13.0 Å². The summed E-state index contributed by atoms with van der Waals surface area (Å²) in [4.78, 5) is 18.1. The minimum atomic E-state index is -0.114. The highest BCUT2D eigenvalue weighted by atomic mass is 16.1. The van der Waals surface area contributed by atoms with Gasteiger partial charge in [-0.25, -0.2) is 4.99 Å². The number of benzene rings is 1. The van der Waals surface area contributed by atoms with Crippen molar-refractivity contribution in [3.63, 3.8) is 0 Å². The Labute approximate surface area is 116 Å². The van der Waals surface area contributed by atoms with Crippen molar-refractivity contribution >= 4 is 17.8 Å². The lowest BCUT2D eigenvalue weighted by atomic mass is 10.1. The molecule has 0 spiro atoms. The fraction of sp³-hybridized carbons (Fsp3) is 0.200. The Hall–Kier alpha value is -2.56. The third-order valence-electron chi connectivity index (χ3n) is 3.82. The van der Waals surface area contributed by atoms with E-state index in [1.54, 1.807) is 6.92 Å². The van der Waals surface area contributed by atoms with Gasteiger partial charge in [0.15, 0.2) is 0 Å². The number of amides is 1. The van der Waals surface area contributed by atoms with E-state index in [-0.39, 0.29) is 11.9 Å². The molecule has 100 valence electrons. The molecular weight excluding hydrogens is 252 g/mol. The van der Waals surface area contributed by atoms with Crippen LogP contribution in [-0.4, -0.2) is 23.6 Å². The number of aliphatic imine (C=N–C) groups is 1. The molecule has 5 heteroatoms. The van der Waals surface area contributed by atoms with E-state index in [0.29, 0.717) is 0 Å². The molecule has 1 aromatic rings. The van der Waals surface area contributed by atoms with E-state index in [4.69, 9.17) is 0 Å². The van der Waals surface area contributed by atoms with Crippen molar-refractivity contribution in [2.24, 2.45) is 4.99 Å². The van der Waals surface area contributed by atoms with E-state index >= 15 is 0 Å². The van der Waals surface area contributed by atoms with Crippen LogP contribution in [0.15, 0.2) is 47.0 Å². The fourth-order valence-corrected chi connectivity index (χ4v) is 3.05. The summed E-state index contributed by atoms with van der Waals surface area (Å²) in [5.74, 6) is 0.863. The molecule has 5 nitrogen and oxygen atoms in total. The van der Waals surface area contributed by atoms with Gasteiger partial charge in [-0.15, -0.1) is 0 Å². The maximum Gasteiger partial charge on any atom is 0.217 e. The number of carbonyl (C=O) groups is 1. The smallest absolute Gasteiger partial charge is 0.217 e. The molecule has 20 heavy (non-hydrogen) atoms. The minimum absolute atomic E-state index is 0.0326. The van der Waals surface area contributed by atoms with Crippen molar-refractivity contribution in [3.8, 4) is 0 Å². The van der Waals surface area contributed by atoms with Crippen LogP contribution in [0.5, 0.6) is 0 Å². The summed E-state index contributed by atoms with van der Waals surface area (Å²) >= 11 is 0. The van der Waals surface area contributed by atoms with Crippen LogP contribution in [0.2, 0.25) is 0 Å². The maximum absolute atomic E-state index is 11.6. The number of nitrogens with one attached hydrogen (secondary N) is 2. The Kier molecular flexibility index (Phi) is 2.24. The van der Waals surface area contributed by atoms with Crippen LogP contribution < -0.4 is 10.6 Å². The molecule has 0 bridgehead atoms. The lowest BCUT2D eigenvalue weighted by Crippen LogP contribution is -2.35. The summed E-state index contributed by atoms with van der Waals surface area (Å²) in [6, 6.07) is 8.04. The molecule has 0 aromatic heterocycles. The molecule has 0 fully saturated rings. The third kappa shape index (κ3) is 1.43. The molecule has 4 rings (SSSR count). The zero-order chi connectivity index (χ0) is 13.7. The van der Waals surface area contributed by atoms with Gasteiger partial charge in [-0.1, -0.05) is 24.3 Å². The topological polar surface area (TPSA) is 56.7 Å². The monoisotopic (exact) mass is 266 g/mol. The number of hydrogen-bond donors (Lipinski definition) is 2. The third-order valence-corrected chi connectivity index (χ3v) is 3.82. The number of nitrogens with zero attached hydrogens (tertiary/aromatic N) is 2. The zero-order valence-corrected chi connectivity index (χ0v) is 11.1. The molecule has 2 N–H and O–H groups in total. The fourth-order valence-electron chi connectivity index (χ4n) is 3.05. The molecule has 2 heterocycles. The lowest BCUT2D eigenvalue weighted by molar-refractivity contribution is -0.119. The SMILES string of the molecule is CC(=O)NC1C2=C(NC=C3N=CCN32)c2ccccc21. The van der Waals surface area contributed by atoms with Crippen molar-refractivity contribution < 1.29 is 4.79 Å².